The van der Waals surface area contributed by atoms with E-state index >= 15 is 0 Å². The summed E-state index contributed by atoms with van der Waals surface area (Å²) in [6, 6.07) is 0. The molecule has 1 nitrogen and oxygen atoms in total. The van der Waals surface area contributed by atoms with Crippen molar-refractivity contribution in [1.82, 2.24) is 0 Å². The molecule has 3 rings (SSSR count). The molecular weight excluding hydrogens is 206 g/mol. The van der Waals surface area contributed by atoms with Crippen LogP contribution >= 0.6 is 0 Å². The highest BCUT2D eigenvalue weighted by molar-refractivity contribution is 5.20. The van der Waals surface area contributed by atoms with E-state index in [-0.39, 0.29) is 0 Å². The van der Waals surface area contributed by atoms with Gasteiger partial charge in [-0.25, -0.2) is 0 Å². The molecule has 3 saturated carbocycles. The molecule has 0 saturated heterocycles. The van der Waals surface area contributed by atoms with Crippen LogP contribution in [0, 0.1) is 35.0 Å². The molecule has 0 aromatic rings. The van der Waals surface area contributed by atoms with Crippen molar-refractivity contribution >= 4 is 0 Å². The minimum atomic E-state index is 0.291. The van der Waals surface area contributed by atoms with Gasteiger partial charge in [-0.3, -0.25) is 0 Å². The molecule has 0 bridgehead atoms. The van der Waals surface area contributed by atoms with E-state index in [9.17, 15) is 0 Å². The molecule has 3 aliphatic carbocycles. The lowest BCUT2D eigenvalue weighted by atomic mass is 9.72. The van der Waals surface area contributed by atoms with E-state index < -0.39 is 0 Å². The highest BCUT2D eigenvalue weighted by Crippen LogP contribution is 2.71. The highest BCUT2D eigenvalue weighted by Gasteiger charge is 2.65. The number of nitrogens with zero attached hydrogens (tertiary/aromatic N) is 1. The maximum Gasteiger partial charge on any atom is -0.0289 e. The van der Waals surface area contributed by atoms with Gasteiger partial charge >= 0.3 is 0 Å². The SMILES string of the molecule is C[N-][C@]1(C)CC[C@@H]2[C@H]([C@@H]3[C@H](C)CC[C@@H]31)C2(C)C. The minimum absolute atomic E-state index is 0.291. The van der Waals surface area contributed by atoms with E-state index in [1.807, 2.05) is 0 Å². The Morgan fingerprint density at radius 2 is 1.71 bits per heavy atom. The van der Waals surface area contributed by atoms with Crippen LogP contribution < -0.4 is 0 Å². The van der Waals surface area contributed by atoms with Crippen molar-refractivity contribution in [2.75, 3.05) is 7.05 Å². The molecular formula is C16H28N-. The second-order valence-electron chi connectivity index (χ2n) is 7.81. The van der Waals surface area contributed by atoms with E-state index in [0.717, 1.165) is 29.6 Å². The van der Waals surface area contributed by atoms with E-state index in [2.05, 4.69) is 34.7 Å². The van der Waals surface area contributed by atoms with Gasteiger partial charge in [0.15, 0.2) is 0 Å². The van der Waals surface area contributed by atoms with Crippen molar-refractivity contribution < 1.29 is 0 Å². The summed E-state index contributed by atoms with van der Waals surface area (Å²) in [6.07, 6.45) is 5.63. The van der Waals surface area contributed by atoms with Crippen molar-refractivity contribution in [2.45, 2.75) is 58.9 Å². The van der Waals surface area contributed by atoms with Gasteiger partial charge in [-0.2, -0.15) is 7.05 Å². The molecule has 0 radical (unpaired) electrons. The van der Waals surface area contributed by atoms with Crippen molar-refractivity contribution in [2.24, 2.45) is 35.0 Å². The molecule has 98 valence electrons. The lowest BCUT2D eigenvalue weighted by Gasteiger charge is -2.50. The van der Waals surface area contributed by atoms with Gasteiger partial charge in [0.1, 0.15) is 0 Å². The first-order valence-corrected chi connectivity index (χ1v) is 7.53. The summed E-state index contributed by atoms with van der Waals surface area (Å²) in [4.78, 5) is 0. The maximum atomic E-state index is 4.82. The van der Waals surface area contributed by atoms with Gasteiger partial charge < -0.3 is 5.32 Å². The van der Waals surface area contributed by atoms with Gasteiger partial charge in [0.05, 0.1) is 0 Å². The quantitative estimate of drug-likeness (QED) is 0.635. The Kier molecular flexibility index (Phi) is 2.47. The minimum Gasteiger partial charge on any atom is -0.659 e. The molecule has 6 atom stereocenters. The molecule has 0 heterocycles. The maximum absolute atomic E-state index is 4.82. The van der Waals surface area contributed by atoms with Crippen LogP contribution in [0.15, 0.2) is 0 Å². The van der Waals surface area contributed by atoms with Gasteiger partial charge in [0.2, 0.25) is 0 Å². The number of fused-ring (bicyclic) bond motifs is 3. The summed E-state index contributed by atoms with van der Waals surface area (Å²) in [5.41, 5.74) is 0.926. The molecule has 1 heteroatoms. The Labute approximate surface area is 107 Å². The van der Waals surface area contributed by atoms with Crippen molar-refractivity contribution in [1.29, 1.82) is 0 Å². The van der Waals surface area contributed by atoms with Crippen LogP contribution in [0.5, 0.6) is 0 Å². The van der Waals surface area contributed by atoms with E-state index in [4.69, 9.17) is 5.32 Å². The van der Waals surface area contributed by atoms with E-state index in [1.165, 1.54) is 25.7 Å². The smallest absolute Gasteiger partial charge is 0.0289 e. The Bertz CT molecular complexity index is 321. The second-order valence-corrected chi connectivity index (χ2v) is 7.81. The third kappa shape index (κ3) is 1.47. The van der Waals surface area contributed by atoms with Crippen LogP contribution in [-0.2, 0) is 0 Å². The molecule has 0 unspecified atom stereocenters. The predicted molar refractivity (Wildman–Crippen MR) is 73.1 cm³/mol. The van der Waals surface area contributed by atoms with Crippen molar-refractivity contribution in [3.63, 3.8) is 0 Å². The van der Waals surface area contributed by atoms with Crippen LogP contribution in [0.1, 0.15) is 53.4 Å². The van der Waals surface area contributed by atoms with Gasteiger partial charge in [-0.15, -0.1) is 5.54 Å². The number of hydrogen-bond acceptors (Lipinski definition) is 0. The summed E-state index contributed by atoms with van der Waals surface area (Å²) in [5, 5.41) is 4.82. The van der Waals surface area contributed by atoms with Crippen LogP contribution in [0.25, 0.3) is 5.32 Å². The van der Waals surface area contributed by atoms with Crippen molar-refractivity contribution in [3.05, 3.63) is 5.32 Å². The lowest BCUT2D eigenvalue weighted by Crippen LogP contribution is -2.37. The standard InChI is InChI=1S/C16H28N/c1-10-6-7-11-13(10)14-12(15(14,2)3)8-9-16(11,4)17-5/h10-14H,6-9H2,1-5H3/q-1/t10-,11+,12-,13-,14-,16-/m1/s1. The molecule has 0 aliphatic heterocycles. The Hall–Kier alpha value is -0.0400. The predicted octanol–water partition coefficient (Wildman–Crippen LogP) is 4.48. The summed E-state index contributed by atoms with van der Waals surface area (Å²) in [5.74, 6) is 4.78. The topological polar surface area (TPSA) is 14.1 Å². The Morgan fingerprint density at radius 1 is 1.00 bits per heavy atom. The van der Waals surface area contributed by atoms with Crippen LogP contribution in [0.2, 0.25) is 0 Å². The van der Waals surface area contributed by atoms with Crippen molar-refractivity contribution in [3.8, 4) is 0 Å². The number of rotatable bonds is 1. The first kappa shape index (κ1) is 12.0. The molecule has 0 aromatic carbocycles. The summed E-state index contributed by atoms with van der Waals surface area (Å²) in [7, 11) is 2.06. The third-order valence-electron chi connectivity index (χ3n) is 6.88. The molecule has 3 fully saturated rings. The Balaban J connectivity index is 1.94. The van der Waals surface area contributed by atoms with E-state index in [1.54, 1.807) is 0 Å². The molecule has 0 spiro atoms. The molecule has 17 heavy (non-hydrogen) atoms. The monoisotopic (exact) mass is 234 g/mol. The zero-order valence-corrected chi connectivity index (χ0v) is 12.2. The lowest BCUT2D eigenvalue weighted by molar-refractivity contribution is 0.193. The fraction of sp³-hybridized carbons (Fsp3) is 1.00. The van der Waals surface area contributed by atoms with E-state index in [0.29, 0.717) is 11.0 Å². The fourth-order valence-electron chi connectivity index (χ4n) is 5.57. The van der Waals surface area contributed by atoms with Crippen LogP contribution in [0.3, 0.4) is 0 Å². The number of hydrogen-bond donors (Lipinski definition) is 0. The first-order chi connectivity index (χ1) is 7.92. The Morgan fingerprint density at radius 3 is 2.35 bits per heavy atom. The first-order valence-electron chi connectivity index (χ1n) is 7.53. The fourth-order valence-corrected chi connectivity index (χ4v) is 5.57. The second kappa shape index (κ2) is 3.50. The molecule has 0 N–H and O–H groups in total. The third-order valence-corrected chi connectivity index (χ3v) is 6.88. The van der Waals surface area contributed by atoms with Gasteiger partial charge in [0, 0.05) is 0 Å². The van der Waals surface area contributed by atoms with Crippen LogP contribution in [0.4, 0.5) is 0 Å². The summed E-state index contributed by atoms with van der Waals surface area (Å²) in [6.45, 7) is 9.95. The normalized spacial score (nSPS) is 55.9. The summed E-state index contributed by atoms with van der Waals surface area (Å²) >= 11 is 0. The average molecular weight is 234 g/mol. The largest absolute Gasteiger partial charge is 0.659 e. The zero-order chi connectivity index (χ0) is 12.4. The highest BCUT2D eigenvalue weighted by atomic mass is 15.0. The van der Waals surface area contributed by atoms with Gasteiger partial charge in [-0.05, 0) is 29.1 Å². The molecule has 3 aliphatic rings. The van der Waals surface area contributed by atoms with Gasteiger partial charge in [0.25, 0.3) is 0 Å². The zero-order valence-electron chi connectivity index (χ0n) is 12.2. The molecule has 0 amide bonds. The average Bonchev–Trinajstić information content (AvgIpc) is 2.65. The molecule has 0 aromatic heterocycles. The van der Waals surface area contributed by atoms with Gasteiger partial charge in [-0.1, -0.05) is 59.3 Å². The van der Waals surface area contributed by atoms with Crippen LogP contribution in [-0.4, -0.2) is 12.6 Å². The summed E-state index contributed by atoms with van der Waals surface area (Å²) < 4.78 is 0.